The van der Waals surface area contributed by atoms with E-state index in [2.05, 4.69) is 35.8 Å². The van der Waals surface area contributed by atoms with Gasteiger partial charge < -0.3 is 10.4 Å². The van der Waals surface area contributed by atoms with Crippen molar-refractivity contribution in [3.63, 3.8) is 0 Å². The van der Waals surface area contributed by atoms with Crippen LogP contribution in [0.5, 0.6) is 0 Å². The summed E-state index contributed by atoms with van der Waals surface area (Å²) in [6.45, 7) is 3.49. The lowest BCUT2D eigenvalue weighted by atomic mass is 10.2. The number of aromatic nitrogens is 2. The molecule has 144 valence electrons. The summed E-state index contributed by atoms with van der Waals surface area (Å²) in [7, 11) is 1.60. The van der Waals surface area contributed by atoms with E-state index in [1.54, 1.807) is 20.0 Å². The van der Waals surface area contributed by atoms with E-state index in [1.165, 1.54) is 16.8 Å². The third-order valence-electron chi connectivity index (χ3n) is 3.67. The summed E-state index contributed by atoms with van der Waals surface area (Å²) in [5, 5.41) is 25.2. The van der Waals surface area contributed by atoms with Crippen molar-refractivity contribution < 1.29 is 14.3 Å². The standard InChI is InChI=1S/C16H18BrFN6O2S/c1-8(9(2)25)22-27-23-15-13(17)14(24(3)21-15)16(26)20-11-4-5-12(18)10(6-11)7-19/h4-6,8-9,22,25H,1-3H3,(H,20,26)(H,21,23). The second-order valence-corrected chi connectivity index (χ2v) is 7.18. The molecule has 0 saturated carbocycles. The minimum atomic E-state index is -0.653. The van der Waals surface area contributed by atoms with Crippen LogP contribution in [0.15, 0.2) is 22.7 Å². The molecule has 2 rings (SSSR count). The minimum Gasteiger partial charge on any atom is -0.392 e. The van der Waals surface area contributed by atoms with Gasteiger partial charge in [-0.25, -0.2) is 9.11 Å². The van der Waals surface area contributed by atoms with Crippen molar-refractivity contribution in [1.82, 2.24) is 14.5 Å². The van der Waals surface area contributed by atoms with Crippen molar-refractivity contribution in [2.75, 3.05) is 10.0 Å². The van der Waals surface area contributed by atoms with Gasteiger partial charge >= 0.3 is 0 Å². The van der Waals surface area contributed by atoms with Gasteiger partial charge in [-0.15, -0.1) is 0 Å². The van der Waals surface area contributed by atoms with Crippen molar-refractivity contribution in [3.8, 4) is 6.07 Å². The molecule has 0 fully saturated rings. The van der Waals surface area contributed by atoms with Crippen LogP contribution in [0.4, 0.5) is 15.9 Å². The van der Waals surface area contributed by atoms with Crippen LogP contribution < -0.4 is 14.8 Å². The third kappa shape index (κ3) is 5.20. The molecule has 4 N–H and O–H groups in total. The molecule has 1 amide bonds. The molecule has 0 spiro atoms. The number of aliphatic hydroxyl groups excluding tert-OH is 1. The first-order chi connectivity index (χ1) is 12.7. The molecule has 2 unspecified atom stereocenters. The Balaban J connectivity index is 2.11. The highest BCUT2D eigenvalue weighted by Gasteiger charge is 2.21. The molecule has 1 heterocycles. The van der Waals surface area contributed by atoms with Crippen molar-refractivity contribution in [2.24, 2.45) is 7.05 Å². The molecule has 0 aliphatic carbocycles. The van der Waals surface area contributed by atoms with Crippen LogP contribution in [0.1, 0.15) is 29.9 Å². The zero-order valence-corrected chi connectivity index (χ0v) is 17.2. The summed E-state index contributed by atoms with van der Waals surface area (Å²) in [5.74, 6) is -0.717. The van der Waals surface area contributed by atoms with Gasteiger partial charge in [-0.2, -0.15) is 10.4 Å². The van der Waals surface area contributed by atoms with E-state index in [0.717, 1.165) is 18.2 Å². The normalized spacial score (nSPS) is 12.9. The first-order valence-electron chi connectivity index (χ1n) is 7.83. The predicted octanol–water partition coefficient (Wildman–Crippen LogP) is 2.78. The van der Waals surface area contributed by atoms with Gasteiger partial charge in [-0.05, 0) is 48.0 Å². The highest BCUT2D eigenvalue weighted by Crippen LogP contribution is 2.28. The third-order valence-corrected chi connectivity index (χ3v) is 5.20. The Hall–Kier alpha value is -2.13. The molecule has 0 aliphatic heterocycles. The van der Waals surface area contributed by atoms with Gasteiger partial charge in [-0.3, -0.25) is 14.2 Å². The number of halogens is 2. The monoisotopic (exact) mass is 456 g/mol. The molecule has 2 atom stereocenters. The van der Waals surface area contributed by atoms with Crippen LogP contribution in [-0.4, -0.2) is 32.9 Å². The summed E-state index contributed by atoms with van der Waals surface area (Å²) in [5.41, 5.74) is 0.376. The number of amides is 1. The number of benzene rings is 1. The molecule has 2 aromatic rings. The van der Waals surface area contributed by atoms with E-state index in [-0.39, 0.29) is 17.3 Å². The summed E-state index contributed by atoms with van der Waals surface area (Å²) < 4.78 is 21.2. The SMILES string of the molecule is CC(O)C(C)NSNc1nn(C)c(C(=O)Nc2ccc(F)c(C#N)c2)c1Br. The molecule has 8 nitrogen and oxygen atoms in total. The predicted molar refractivity (Wildman–Crippen MR) is 105 cm³/mol. The number of rotatable bonds is 7. The highest BCUT2D eigenvalue weighted by molar-refractivity contribution is 9.10. The van der Waals surface area contributed by atoms with E-state index >= 15 is 0 Å². The minimum absolute atomic E-state index is 0.152. The van der Waals surface area contributed by atoms with Gasteiger partial charge in [0.25, 0.3) is 5.91 Å². The molecule has 0 radical (unpaired) electrons. The average Bonchev–Trinajstić information content (AvgIpc) is 2.90. The highest BCUT2D eigenvalue weighted by atomic mass is 79.9. The maximum absolute atomic E-state index is 13.4. The van der Waals surface area contributed by atoms with Crippen molar-refractivity contribution >= 4 is 45.5 Å². The summed E-state index contributed by atoms with van der Waals surface area (Å²) >= 11 is 4.47. The number of nitriles is 1. The van der Waals surface area contributed by atoms with Gasteiger partial charge in [0.05, 0.1) is 16.1 Å². The molecule has 27 heavy (non-hydrogen) atoms. The number of hydrogen-bond donors (Lipinski definition) is 4. The van der Waals surface area contributed by atoms with Crippen molar-refractivity contribution in [3.05, 3.63) is 39.7 Å². The zero-order chi connectivity index (χ0) is 20.1. The molecule has 11 heteroatoms. The Bertz CT molecular complexity index is 883. The quantitative estimate of drug-likeness (QED) is 0.473. The number of nitrogens with one attached hydrogen (secondary N) is 3. The fourth-order valence-electron chi connectivity index (χ4n) is 1.96. The van der Waals surface area contributed by atoms with Crippen molar-refractivity contribution in [2.45, 2.75) is 26.0 Å². The van der Waals surface area contributed by atoms with Crippen molar-refractivity contribution in [1.29, 1.82) is 5.26 Å². The summed E-state index contributed by atoms with van der Waals surface area (Å²) in [4.78, 5) is 12.6. The fraction of sp³-hybridized carbons (Fsp3) is 0.312. The van der Waals surface area contributed by atoms with Crippen LogP contribution >= 0.6 is 28.1 Å². The van der Waals surface area contributed by atoms with E-state index in [1.807, 2.05) is 6.92 Å². The van der Waals surface area contributed by atoms with E-state index in [9.17, 15) is 14.3 Å². The van der Waals surface area contributed by atoms with Crippen LogP contribution in [0, 0.1) is 17.1 Å². The molecule has 0 aliphatic rings. The number of carbonyl (C=O) groups is 1. The first-order valence-corrected chi connectivity index (χ1v) is 9.44. The lowest BCUT2D eigenvalue weighted by Gasteiger charge is -2.15. The number of hydrogen-bond acceptors (Lipinski definition) is 7. The van der Waals surface area contributed by atoms with Gasteiger partial charge in [-0.1, -0.05) is 0 Å². The summed E-state index contributed by atoms with van der Waals surface area (Å²) in [6.07, 6.45) is -0.526. The Morgan fingerprint density at radius 3 is 2.81 bits per heavy atom. The van der Waals surface area contributed by atoms with Gasteiger partial charge in [0.15, 0.2) is 5.82 Å². The molecular formula is C16H18BrFN6O2S. The second-order valence-electron chi connectivity index (χ2n) is 5.75. The Morgan fingerprint density at radius 2 is 2.19 bits per heavy atom. The number of anilines is 2. The smallest absolute Gasteiger partial charge is 0.275 e. The number of aryl methyl sites for hydroxylation is 1. The molecular weight excluding hydrogens is 439 g/mol. The van der Waals surface area contributed by atoms with E-state index in [4.69, 9.17) is 5.26 Å². The summed E-state index contributed by atoms with van der Waals surface area (Å²) in [6, 6.07) is 5.32. The van der Waals surface area contributed by atoms with Crippen LogP contribution in [0.25, 0.3) is 0 Å². The maximum Gasteiger partial charge on any atom is 0.275 e. The van der Waals surface area contributed by atoms with E-state index < -0.39 is 17.8 Å². The lowest BCUT2D eigenvalue weighted by Crippen LogP contribution is -2.31. The van der Waals surface area contributed by atoms with E-state index in [0.29, 0.717) is 16.0 Å². The molecule has 1 aromatic carbocycles. The topological polar surface area (TPSA) is 115 Å². The average molecular weight is 457 g/mol. The largest absolute Gasteiger partial charge is 0.392 e. The van der Waals surface area contributed by atoms with Gasteiger partial charge in [0, 0.05) is 30.9 Å². The first kappa shape index (κ1) is 21.2. The Morgan fingerprint density at radius 1 is 1.48 bits per heavy atom. The van der Waals surface area contributed by atoms with Crippen LogP contribution in [0.3, 0.4) is 0 Å². The maximum atomic E-state index is 13.4. The second kappa shape index (κ2) is 9.18. The number of carbonyl (C=O) groups excluding carboxylic acids is 1. The fourth-order valence-corrected chi connectivity index (χ4v) is 3.39. The van der Waals surface area contributed by atoms with Gasteiger partial charge in [0.1, 0.15) is 17.6 Å². The molecule has 0 bridgehead atoms. The molecule has 0 saturated heterocycles. The Kier molecular flexibility index (Phi) is 7.20. The van der Waals surface area contributed by atoms with Crippen LogP contribution in [-0.2, 0) is 7.05 Å². The van der Waals surface area contributed by atoms with Gasteiger partial charge in [0.2, 0.25) is 0 Å². The molecule has 1 aromatic heterocycles. The lowest BCUT2D eigenvalue weighted by molar-refractivity contribution is 0.101. The zero-order valence-electron chi connectivity index (χ0n) is 14.7. The number of nitrogens with zero attached hydrogens (tertiary/aromatic N) is 3. The van der Waals surface area contributed by atoms with Crippen LogP contribution in [0.2, 0.25) is 0 Å². The Labute approximate surface area is 168 Å². The number of aliphatic hydroxyl groups is 1.